The maximum absolute atomic E-state index is 11.7. The van der Waals surface area contributed by atoms with Crippen LogP contribution in [0.2, 0.25) is 0 Å². The Kier molecular flexibility index (Phi) is 2.51. The number of amides is 2. The van der Waals surface area contributed by atoms with Gasteiger partial charge in [-0.1, -0.05) is 5.16 Å². The van der Waals surface area contributed by atoms with Gasteiger partial charge in [0.2, 0.25) is 0 Å². The summed E-state index contributed by atoms with van der Waals surface area (Å²) in [7, 11) is 1.51. The number of carbonyl (C=O) groups is 2. The highest BCUT2D eigenvalue weighted by molar-refractivity contribution is 5.97. The minimum atomic E-state index is -0.621. The van der Waals surface area contributed by atoms with Gasteiger partial charge in [0.25, 0.3) is 5.91 Å². The first-order valence-electron chi connectivity index (χ1n) is 4.71. The summed E-state index contributed by atoms with van der Waals surface area (Å²) in [5.74, 6) is 0.583. The van der Waals surface area contributed by atoms with Gasteiger partial charge in [-0.3, -0.25) is 9.69 Å². The van der Waals surface area contributed by atoms with E-state index in [0.717, 1.165) is 0 Å². The molecule has 2 heterocycles. The summed E-state index contributed by atoms with van der Waals surface area (Å²) in [6.45, 7) is 1.77. The van der Waals surface area contributed by atoms with Gasteiger partial charge in [0.05, 0.1) is 0 Å². The van der Waals surface area contributed by atoms with E-state index >= 15 is 0 Å². The summed E-state index contributed by atoms with van der Waals surface area (Å²) in [5, 5.41) is 6.16. The molecule has 1 aromatic rings. The molecule has 1 N–H and O–H groups in total. The van der Waals surface area contributed by atoms with Crippen LogP contribution in [0.15, 0.2) is 10.6 Å². The van der Waals surface area contributed by atoms with Crippen LogP contribution in [-0.4, -0.2) is 41.8 Å². The topological polar surface area (TPSA) is 84.7 Å². The van der Waals surface area contributed by atoms with Crippen LogP contribution in [0.1, 0.15) is 5.76 Å². The second-order valence-electron chi connectivity index (χ2n) is 3.52. The molecule has 1 atom stereocenters. The lowest BCUT2D eigenvalue weighted by atomic mass is 10.3. The fourth-order valence-electron chi connectivity index (χ4n) is 1.38. The van der Waals surface area contributed by atoms with Gasteiger partial charge in [-0.25, -0.2) is 4.79 Å². The number of likely N-dealkylation sites (N-methyl/N-ethyl adjacent to an activating group) is 1. The number of rotatable bonds is 2. The molecule has 7 nitrogen and oxygen atoms in total. The average Bonchev–Trinajstić information content (AvgIpc) is 2.76. The Hall–Kier alpha value is -2.05. The highest BCUT2D eigenvalue weighted by atomic mass is 16.6. The first-order valence-corrected chi connectivity index (χ1v) is 4.71. The quantitative estimate of drug-likeness (QED) is 0.786. The van der Waals surface area contributed by atoms with Gasteiger partial charge in [-0.15, -0.1) is 0 Å². The van der Waals surface area contributed by atoms with E-state index in [1.807, 2.05) is 0 Å². The predicted octanol–water partition coefficient (Wildman–Crippen LogP) is 0.372. The van der Waals surface area contributed by atoms with E-state index in [1.54, 1.807) is 13.0 Å². The summed E-state index contributed by atoms with van der Waals surface area (Å²) >= 11 is 0. The first kappa shape index (κ1) is 10.5. The van der Waals surface area contributed by atoms with Gasteiger partial charge in [-0.05, 0) is 6.92 Å². The maximum Gasteiger partial charge on any atom is 0.410 e. The zero-order valence-electron chi connectivity index (χ0n) is 8.89. The number of ether oxygens (including phenoxy) is 1. The van der Waals surface area contributed by atoms with Gasteiger partial charge in [0, 0.05) is 13.1 Å². The van der Waals surface area contributed by atoms with Gasteiger partial charge in [-0.2, -0.15) is 0 Å². The smallest absolute Gasteiger partial charge is 0.410 e. The molecule has 2 amide bonds. The standard InChI is InChI=1S/C9H11N3O4/c1-5-3-7(11-16-5)10-8(13)6-4-15-9(14)12(6)2/h3,6H,4H2,1-2H3,(H,10,11,13). The molecule has 0 radical (unpaired) electrons. The minimum absolute atomic E-state index is 0.0536. The average molecular weight is 225 g/mol. The van der Waals surface area contributed by atoms with Gasteiger partial charge in [0.1, 0.15) is 18.4 Å². The summed E-state index contributed by atoms with van der Waals surface area (Å²) in [5.41, 5.74) is 0. The van der Waals surface area contributed by atoms with E-state index in [1.165, 1.54) is 11.9 Å². The third-order valence-corrected chi connectivity index (χ3v) is 2.30. The van der Waals surface area contributed by atoms with Crippen molar-refractivity contribution >= 4 is 17.8 Å². The molecule has 1 fully saturated rings. The largest absolute Gasteiger partial charge is 0.447 e. The van der Waals surface area contributed by atoms with Gasteiger partial charge >= 0.3 is 6.09 Å². The van der Waals surface area contributed by atoms with Crippen LogP contribution in [0.25, 0.3) is 0 Å². The Morgan fingerprint density at radius 1 is 1.69 bits per heavy atom. The summed E-state index contributed by atoms with van der Waals surface area (Å²) in [6, 6.07) is 0.972. The Morgan fingerprint density at radius 3 is 2.94 bits per heavy atom. The third kappa shape index (κ3) is 1.83. The second kappa shape index (κ2) is 3.84. The van der Waals surface area contributed by atoms with Crippen LogP contribution in [-0.2, 0) is 9.53 Å². The molecule has 0 aromatic carbocycles. The molecule has 0 bridgehead atoms. The lowest BCUT2D eigenvalue weighted by Gasteiger charge is -2.14. The third-order valence-electron chi connectivity index (χ3n) is 2.30. The molecule has 1 aromatic heterocycles. The predicted molar refractivity (Wildman–Crippen MR) is 52.8 cm³/mol. The van der Waals surface area contributed by atoms with Crippen molar-refractivity contribution in [3.05, 3.63) is 11.8 Å². The lowest BCUT2D eigenvalue weighted by Crippen LogP contribution is -2.40. The molecule has 0 saturated carbocycles. The normalized spacial score (nSPS) is 19.8. The Balaban J connectivity index is 2.01. The lowest BCUT2D eigenvalue weighted by molar-refractivity contribution is -0.119. The monoisotopic (exact) mass is 225 g/mol. The molecule has 1 aliphatic heterocycles. The van der Waals surface area contributed by atoms with Crippen molar-refractivity contribution < 1.29 is 18.8 Å². The number of hydrogen-bond acceptors (Lipinski definition) is 5. The molecule has 1 unspecified atom stereocenters. The van der Waals surface area contributed by atoms with Crippen LogP contribution >= 0.6 is 0 Å². The molecule has 0 aliphatic carbocycles. The highest BCUT2D eigenvalue weighted by Gasteiger charge is 2.35. The van der Waals surface area contributed by atoms with Gasteiger partial charge in [0.15, 0.2) is 5.82 Å². The summed E-state index contributed by atoms with van der Waals surface area (Å²) in [4.78, 5) is 24.0. The molecule has 7 heteroatoms. The van der Waals surface area contributed by atoms with E-state index in [9.17, 15) is 9.59 Å². The Bertz CT molecular complexity index is 428. The Morgan fingerprint density at radius 2 is 2.44 bits per heavy atom. The molecule has 1 saturated heterocycles. The number of hydrogen-bond donors (Lipinski definition) is 1. The van der Waals surface area contributed by atoms with Crippen molar-refractivity contribution in [2.24, 2.45) is 0 Å². The molecule has 0 spiro atoms. The van der Waals surface area contributed by atoms with Crippen LogP contribution in [0.4, 0.5) is 10.6 Å². The van der Waals surface area contributed by atoms with Crippen molar-refractivity contribution in [2.45, 2.75) is 13.0 Å². The van der Waals surface area contributed by atoms with E-state index in [2.05, 4.69) is 10.5 Å². The second-order valence-corrected chi connectivity index (χ2v) is 3.52. The van der Waals surface area contributed by atoms with Gasteiger partial charge < -0.3 is 14.6 Å². The van der Waals surface area contributed by atoms with Crippen molar-refractivity contribution in [1.82, 2.24) is 10.1 Å². The zero-order valence-corrected chi connectivity index (χ0v) is 8.89. The van der Waals surface area contributed by atoms with E-state index in [0.29, 0.717) is 11.6 Å². The molecular formula is C9H11N3O4. The van der Waals surface area contributed by atoms with E-state index in [-0.39, 0.29) is 12.5 Å². The zero-order chi connectivity index (χ0) is 11.7. The van der Waals surface area contributed by atoms with Crippen molar-refractivity contribution in [3.63, 3.8) is 0 Å². The van der Waals surface area contributed by atoms with Crippen LogP contribution in [0.5, 0.6) is 0 Å². The van der Waals surface area contributed by atoms with E-state index < -0.39 is 12.1 Å². The number of nitrogens with one attached hydrogen (secondary N) is 1. The number of carbonyl (C=O) groups excluding carboxylic acids is 2. The Labute approximate surface area is 91.3 Å². The fourth-order valence-corrected chi connectivity index (χ4v) is 1.38. The molecule has 16 heavy (non-hydrogen) atoms. The highest BCUT2D eigenvalue weighted by Crippen LogP contribution is 2.13. The van der Waals surface area contributed by atoms with Crippen molar-refractivity contribution in [1.29, 1.82) is 0 Å². The van der Waals surface area contributed by atoms with Crippen LogP contribution in [0.3, 0.4) is 0 Å². The number of anilines is 1. The fraction of sp³-hybridized carbons (Fsp3) is 0.444. The van der Waals surface area contributed by atoms with Crippen molar-refractivity contribution in [3.8, 4) is 0 Å². The summed E-state index contributed by atoms with van der Waals surface area (Å²) in [6.07, 6.45) is -0.503. The number of nitrogens with zero attached hydrogens (tertiary/aromatic N) is 2. The first-order chi connectivity index (χ1) is 7.58. The molecular weight excluding hydrogens is 214 g/mol. The van der Waals surface area contributed by atoms with Crippen LogP contribution < -0.4 is 5.32 Å². The SMILES string of the molecule is Cc1cc(NC(=O)C2COC(=O)N2C)no1. The van der Waals surface area contributed by atoms with Crippen LogP contribution in [0, 0.1) is 6.92 Å². The maximum atomic E-state index is 11.7. The molecule has 1 aliphatic rings. The number of aromatic nitrogens is 1. The van der Waals surface area contributed by atoms with Crippen molar-refractivity contribution in [2.75, 3.05) is 19.0 Å². The number of cyclic esters (lactones) is 1. The molecule has 86 valence electrons. The minimum Gasteiger partial charge on any atom is -0.447 e. The van der Waals surface area contributed by atoms with E-state index in [4.69, 9.17) is 9.26 Å². The molecule has 2 rings (SSSR count). The summed E-state index contributed by atoms with van der Waals surface area (Å²) < 4.78 is 9.52. The number of aryl methyl sites for hydroxylation is 1.